The van der Waals surface area contributed by atoms with Crippen molar-refractivity contribution in [2.75, 3.05) is 0 Å². The van der Waals surface area contributed by atoms with Crippen molar-refractivity contribution in [1.82, 2.24) is 35.4 Å². The quantitative estimate of drug-likeness (QED) is 0.447. The number of unbranched alkanes of at least 4 members (excludes halogenated alkanes) is 1. The van der Waals surface area contributed by atoms with Crippen LogP contribution in [0.4, 0.5) is 8.78 Å². The van der Waals surface area contributed by atoms with Crippen LogP contribution in [-0.4, -0.2) is 35.4 Å². The lowest BCUT2D eigenvalue weighted by molar-refractivity contribution is 0.00756. The summed E-state index contributed by atoms with van der Waals surface area (Å²) >= 11 is 0. The number of aromatic nitrogens is 7. The Morgan fingerprint density at radius 2 is 1.81 bits per heavy atom. The lowest BCUT2D eigenvalue weighted by atomic mass is 10.0. The van der Waals surface area contributed by atoms with Crippen LogP contribution in [0, 0.1) is 0 Å². The molecule has 0 amide bonds. The molecule has 0 saturated heterocycles. The highest BCUT2D eigenvalue weighted by Gasteiger charge is 2.31. The molecule has 0 radical (unpaired) electrons. The molecular weight excluding hydrogens is 400 g/mol. The SMILES string of the molecule is CCCCc1nc(C(C)(F)F)nn1Cc1ccc(-c2cccc(-c3nn[nH]n3)c2)cc1. The van der Waals surface area contributed by atoms with Crippen molar-refractivity contribution in [1.29, 1.82) is 0 Å². The van der Waals surface area contributed by atoms with Crippen molar-refractivity contribution in [2.45, 2.75) is 45.6 Å². The number of nitrogens with one attached hydrogen (secondary N) is 1. The summed E-state index contributed by atoms with van der Waals surface area (Å²) in [5.41, 5.74) is 3.88. The molecule has 0 aliphatic rings. The van der Waals surface area contributed by atoms with Crippen molar-refractivity contribution in [3.8, 4) is 22.5 Å². The first-order valence-corrected chi connectivity index (χ1v) is 10.2. The van der Waals surface area contributed by atoms with Crippen molar-refractivity contribution in [3.05, 3.63) is 65.7 Å². The molecule has 0 atom stereocenters. The molecule has 0 saturated carbocycles. The molecule has 31 heavy (non-hydrogen) atoms. The van der Waals surface area contributed by atoms with E-state index in [2.05, 4.69) is 37.6 Å². The van der Waals surface area contributed by atoms with E-state index in [0.29, 0.717) is 24.6 Å². The van der Waals surface area contributed by atoms with Crippen LogP contribution in [0.5, 0.6) is 0 Å². The molecular formula is C22H23F2N7. The third-order valence-electron chi connectivity index (χ3n) is 4.98. The van der Waals surface area contributed by atoms with E-state index >= 15 is 0 Å². The number of nitrogens with zero attached hydrogens (tertiary/aromatic N) is 6. The number of aromatic amines is 1. The fourth-order valence-corrected chi connectivity index (χ4v) is 3.30. The van der Waals surface area contributed by atoms with Gasteiger partial charge in [0.1, 0.15) is 5.82 Å². The van der Waals surface area contributed by atoms with E-state index in [9.17, 15) is 8.78 Å². The highest BCUT2D eigenvalue weighted by molar-refractivity contribution is 5.70. The number of aryl methyl sites for hydroxylation is 1. The lowest BCUT2D eigenvalue weighted by Gasteiger charge is -2.08. The zero-order valence-corrected chi connectivity index (χ0v) is 17.4. The number of hydrogen-bond acceptors (Lipinski definition) is 5. The number of rotatable bonds is 8. The Bertz CT molecular complexity index is 1130. The topological polar surface area (TPSA) is 85.2 Å². The van der Waals surface area contributed by atoms with Gasteiger partial charge in [-0.15, -0.1) is 15.3 Å². The average Bonchev–Trinajstić information content (AvgIpc) is 3.43. The molecule has 0 aliphatic carbocycles. The first-order chi connectivity index (χ1) is 14.9. The van der Waals surface area contributed by atoms with E-state index in [1.54, 1.807) is 4.68 Å². The molecule has 0 aliphatic heterocycles. The maximum Gasteiger partial charge on any atom is 0.305 e. The van der Waals surface area contributed by atoms with E-state index in [-0.39, 0.29) is 0 Å². The molecule has 160 valence electrons. The first-order valence-electron chi connectivity index (χ1n) is 10.2. The number of alkyl halides is 2. The van der Waals surface area contributed by atoms with Crippen LogP contribution >= 0.6 is 0 Å². The zero-order chi connectivity index (χ0) is 21.8. The summed E-state index contributed by atoms with van der Waals surface area (Å²) in [5, 5.41) is 18.2. The van der Waals surface area contributed by atoms with Gasteiger partial charge in [-0.05, 0) is 34.4 Å². The molecule has 2 aromatic heterocycles. The third kappa shape index (κ3) is 4.82. The Labute approximate surface area is 178 Å². The number of benzene rings is 2. The minimum absolute atomic E-state index is 0.394. The molecule has 9 heteroatoms. The Hall–Kier alpha value is -3.49. The van der Waals surface area contributed by atoms with Gasteiger partial charge in [-0.2, -0.15) is 14.0 Å². The molecule has 1 N–H and O–H groups in total. The monoisotopic (exact) mass is 423 g/mol. The predicted octanol–water partition coefficient (Wildman–Crippen LogP) is 4.63. The van der Waals surface area contributed by atoms with Gasteiger partial charge in [0, 0.05) is 18.9 Å². The fraction of sp³-hybridized carbons (Fsp3) is 0.318. The second kappa shape index (κ2) is 8.71. The van der Waals surface area contributed by atoms with E-state index in [1.807, 2.05) is 48.5 Å². The second-order valence-corrected chi connectivity index (χ2v) is 7.51. The number of hydrogen-bond donors (Lipinski definition) is 1. The highest BCUT2D eigenvalue weighted by Crippen LogP contribution is 2.26. The van der Waals surface area contributed by atoms with Gasteiger partial charge in [0.25, 0.3) is 0 Å². The smallest absolute Gasteiger partial charge is 0.245 e. The molecule has 2 aromatic carbocycles. The van der Waals surface area contributed by atoms with Gasteiger partial charge in [-0.3, -0.25) is 0 Å². The third-order valence-corrected chi connectivity index (χ3v) is 4.98. The minimum Gasteiger partial charge on any atom is -0.245 e. The largest absolute Gasteiger partial charge is 0.305 e. The van der Waals surface area contributed by atoms with E-state index < -0.39 is 11.7 Å². The summed E-state index contributed by atoms with van der Waals surface area (Å²) in [7, 11) is 0. The summed E-state index contributed by atoms with van der Waals surface area (Å²) in [6.07, 6.45) is 2.46. The van der Waals surface area contributed by atoms with Gasteiger partial charge >= 0.3 is 5.92 Å². The van der Waals surface area contributed by atoms with Crippen molar-refractivity contribution < 1.29 is 8.78 Å². The van der Waals surface area contributed by atoms with Gasteiger partial charge in [-0.1, -0.05) is 55.8 Å². The van der Waals surface area contributed by atoms with Gasteiger partial charge < -0.3 is 0 Å². The molecule has 0 spiro atoms. The van der Waals surface area contributed by atoms with Crippen LogP contribution in [0.15, 0.2) is 48.5 Å². The van der Waals surface area contributed by atoms with Gasteiger partial charge in [0.05, 0.1) is 6.54 Å². The first kappa shape index (κ1) is 20.8. The Morgan fingerprint density at radius 3 is 2.48 bits per heavy atom. The molecule has 0 bridgehead atoms. The maximum atomic E-state index is 13.7. The van der Waals surface area contributed by atoms with Gasteiger partial charge in [0.2, 0.25) is 11.6 Å². The summed E-state index contributed by atoms with van der Waals surface area (Å²) in [6.45, 7) is 3.28. The second-order valence-electron chi connectivity index (χ2n) is 7.51. The van der Waals surface area contributed by atoms with Crippen LogP contribution in [0.2, 0.25) is 0 Å². The van der Waals surface area contributed by atoms with Crippen molar-refractivity contribution in [3.63, 3.8) is 0 Å². The van der Waals surface area contributed by atoms with Crippen molar-refractivity contribution >= 4 is 0 Å². The summed E-state index contributed by atoms with van der Waals surface area (Å²) in [5.74, 6) is -2.35. The Morgan fingerprint density at radius 1 is 1.03 bits per heavy atom. The van der Waals surface area contributed by atoms with Gasteiger partial charge in [-0.25, -0.2) is 9.67 Å². The lowest BCUT2D eigenvalue weighted by Crippen LogP contribution is -2.11. The van der Waals surface area contributed by atoms with Crippen LogP contribution in [0.1, 0.15) is 43.9 Å². The van der Waals surface area contributed by atoms with Crippen LogP contribution < -0.4 is 0 Å². The Kier molecular flexibility index (Phi) is 5.83. The molecule has 0 fully saturated rings. The fourth-order valence-electron chi connectivity index (χ4n) is 3.30. The predicted molar refractivity (Wildman–Crippen MR) is 112 cm³/mol. The highest BCUT2D eigenvalue weighted by atomic mass is 19.3. The molecule has 0 unspecified atom stereocenters. The standard InChI is InChI=1S/C22H23F2N7/c1-3-4-8-19-25-21(22(2,23)24)28-31(19)14-15-9-11-16(12-10-15)17-6-5-7-18(13-17)20-26-29-30-27-20/h5-7,9-13H,3-4,8,14H2,1-2H3,(H,26,27,29,30). The summed E-state index contributed by atoms with van der Waals surface area (Å²) < 4.78 is 29.1. The Balaban J connectivity index is 1.55. The van der Waals surface area contributed by atoms with E-state index in [1.165, 1.54) is 0 Å². The van der Waals surface area contributed by atoms with Crippen LogP contribution in [0.3, 0.4) is 0 Å². The van der Waals surface area contributed by atoms with Crippen LogP contribution in [-0.2, 0) is 18.9 Å². The number of H-pyrrole nitrogens is 1. The normalized spacial score (nSPS) is 11.7. The van der Waals surface area contributed by atoms with Gasteiger partial charge in [0.15, 0.2) is 0 Å². The molecule has 2 heterocycles. The number of tetrazole rings is 1. The summed E-state index contributed by atoms with van der Waals surface area (Å²) in [6, 6.07) is 15.8. The average molecular weight is 423 g/mol. The molecule has 4 rings (SSSR count). The maximum absolute atomic E-state index is 13.7. The molecule has 7 nitrogen and oxygen atoms in total. The number of halogens is 2. The van der Waals surface area contributed by atoms with E-state index in [0.717, 1.165) is 42.0 Å². The van der Waals surface area contributed by atoms with Crippen molar-refractivity contribution in [2.24, 2.45) is 0 Å². The minimum atomic E-state index is -3.06. The summed E-state index contributed by atoms with van der Waals surface area (Å²) in [4.78, 5) is 4.10. The van der Waals surface area contributed by atoms with Crippen LogP contribution in [0.25, 0.3) is 22.5 Å². The molecule has 4 aromatic rings. The zero-order valence-electron chi connectivity index (χ0n) is 17.4. The van der Waals surface area contributed by atoms with E-state index in [4.69, 9.17) is 0 Å².